The van der Waals surface area contributed by atoms with Crippen molar-refractivity contribution in [3.63, 3.8) is 0 Å². The lowest BCUT2D eigenvalue weighted by atomic mass is 10.1. The van der Waals surface area contributed by atoms with Crippen LogP contribution in [0.25, 0.3) is 0 Å². The molecule has 0 N–H and O–H groups in total. The Hall–Kier alpha value is -1.49. The molecule has 1 heterocycles. The van der Waals surface area contributed by atoms with Crippen LogP contribution in [0, 0.1) is 17.1 Å². The van der Waals surface area contributed by atoms with Crippen molar-refractivity contribution < 1.29 is 12.8 Å². The summed E-state index contributed by atoms with van der Waals surface area (Å²) in [5.74, 6) is -0.486. The number of piperazine rings is 1. The first-order valence-electron chi connectivity index (χ1n) is 6.27. The fourth-order valence-electron chi connectivity index (χ4n) is 2.25. The Bertz CT molecular complexity index is 632. The maximum absolute atomic E-state index is 13.9. The molecule has 20 heavy (non-hydrogen) atoms. The van der Waals surface area contributed by atoms with Crippen molar-refractivity contribution in [2.24, 2.45) is 0 Å². The molecule has 1 aliphatic heterocycles. The highest BCUT2D eigenvalue weighted by atomic mass is 32.2. The molecule has 2 rings (SSSR count). The van der Waals surface area contributed by atoms with E-state index in [0.717, 1.165) is 0 Å². The predicted octanol–water partition coefficient (Wildman–Crippen LogP) is 0.775. The SMILES string of the molecule is CS(=O)(=O)N1CCN(Cc2cccc(C#N)c2F)CC1. The van der Waals surface area contributed by atoms with E-state index >= 15 is 0 Å². The zero-order valence-electron chi connectivity index (χ0n) is 11.2. The molecule has 1 aromatic rings. The molecule has 7 heteroatoms. The molecular formula is C13H16FN3O2S. The summed E-state index contributed by atoms with van der Waals surface area (Å²) < 4.78 is 38.2. The number of nitrogens with zero attached hydrogens (tertiary/aromatic N) is 3. The van der Waals surface area contributed by atoms with Gasteiger partial charge in [0.25, 0.3) is 0 Å². The molecule has 0 aromatic heterocycles. The van der Waals surface area contributed by atoms with Crippen molar-refractivity contribution in [3.05, 3.63) is 35.1 Å². The number of nitriles is 1. The summed E-state index contributed by atoms with van der Waals surface area (Å²) >= 11 is 0. The molecule has 0 saturated carbocycles. The summed E-state index contributed by atoms with van der Waals surface area (Å²) in [7, 11) is -3.15. The van der Waals surface area contributed by atoms with E-state index in [1.54, 1.807) is 12.1 Å². The molecule has 5 nitrogen and oxygen atoms in total. The van der Waals surface area contributed by atoms with Crippen molar-refractivity contribution in [1.82, 2.24) is 9.21 Å². The van der Waals surface area contributed by atoms with Crippen LogP contribution >= 0.6 is 0 Å². The minimum atomic E-state index is -3.15. The first-order chi connectivity index (χ1) is 9.41. The van der Waals surface area contributed by atoms with Gasteiger partial charge in [-0.2, -0.15) is 9.57 Å². The molecule has 0 unspecified atom stereocenters. The quantitative estimate of drug-likeness (QED) is 0.827. The van der Waals surface area contributed by atoms with Crippen LogP contribution in [0.4, 0.5) is 4.39 Å². The Kier molecular flexibility index (Phi) is 4.38. The first kappa shape index (κ1) is 14.9. The third-order valence-corrected chi connectivity index (χ3v) is 4.70. The summed E-state index contributed by atoms with van der Waals surface area (Å²) in [6, 6.07) is 6.57. The Balaban J connectivity index is 2.02. The van der Waals surface area contributed by atoms with Crippen molar-refractivity contribution in [3.8, 4) is 6.07 Å². The van der Waals surface area contributed by atoms with Crippen LogP contribution in [0.5, 0.6) is 0 Å². The fraction of sp³-hybridized carbons (Fsp3) is 0.462. The maximum Gasteiger partial charge on any atom is 0.211 e. The van der Waals surface area contributed by atoms with Gasteiger partial charge >= 0.3 is 0 Å². The molecule has 1 fully saturated rings. The van der Waals surface area contributed by atoms with Crippen LogP contribution in [0.15, 0.2) is 18.2 Å². The van der Waals surface area contributed by atoms with Crippen LogP contribution in [0.3, 0.4) is 0 Å². The van der Waals surface area contributed by atoms with Gasteiger partial charge < -0.3 is 0 Å². The molecule has 0 amide bonds. The Morgan fingerprint density at radius 3 is 2.50 bits per heavy atom. The molecular weight excluding hydrogens is 281 g/mol. The summed E-state index contributed by atoms with van der Waals surface area (Å²) in [6.07, 6.45) is 1.19. The minimum Gasteiger partial charge on any atom is -0.296 e. The zero-order valence-corrected chi connectivity index (χ0v) is 12.0. The van der Waals surface area contributed by atoms with Crippen molar-refractivity contribution in [2.75, 3.05) is 32.4 Å². The average molecular weight is 297 g/mol. The van der Waals surface area contributed by atoms with Gasteiger partial charge in [-0.15, -0.1) is 0 Å². The highest BCUT2D eigenvalue weighted by molar-refractivity contribution is 7.88. The van der Waals surface area contributed by atoms with E-state index in [1.165, 1.54) is 16.6 Å². The Labute approximate surface area is 118 Å². The van der Waals surface area contributed by atoms with Crippen molar-refractivity contribution in [1.29, 1.82) is 5.26 Å². The predicted molar refractivity (Wildman–Crippen MR) is 72.8 cm³/mol. The monoisotopic (exact) mass is 297 g/mol. The number of hydrogen-bond donors (Lipinski definition) is 0. The number of sulfonamides is 1. The fourth-order valence-corrected chi connectivity index (χ4v) is 3.08. The van der Waals surface area contributed by atoms with Crippen LogP contribution in [0.2, 0.25) is 0 Å². The number of halogens is 1. The highest BCUT2D eigenvalue weighted by Crippen LogP contribution is 2.16. The Morgan fingerprint density at radius 1 is 1.30 bits per heavy atom. The summed E-state index contributed by atoms with van der Waals surface area (Å²) in [5.41, 5.74) is 0.508. The number of rotatable bonds is 3. The van der Waals surface area contributed by atoms with Gasteiger partial charge in [-0.25, -0.2) is 12.8 Å². The molecule has 1 aromatic carbocycles. The van der Waals surface area contributed by atoms with Gasteiger partial charge in [0.15, 0.2) is 0 Å². The molecule has 0 spiro atoms. The van der Waals surface area contributed by atoms with Crippen LogP contribution in [-0.4, -0.2) is 50.1 Å². The molecule has 108 valence electrons. The molecule has 0 radical (unpaired) electrons. The van der Waals surface area contributed by atoms with E-state index < -0.39 is 15.8 Å². The molecule has 0 atom stereocenters. The summed E-state index contributed by atoms with van der Waals surface area (Å²) in [6.45, 7) is 2.34. The number of benzene rings is 1. The molecule has 0 aliphatic carbocycles. The lowest BCUT2D eigenvalue weighted by Gasteiger charge is -2.33. The van der Waals surface area contributed by atoms with Crippen LogP contribution in [-0.2, 0) is 16.6 Å². The average Bonchev–Trinajstić information content (AvgIpc) is 2.41. The maximum atomic E-state index is 13.9. The van der Waals surface area contributed by atoms with E-state index in [1.807, 2.05) is 11.0 Å². The second kappa shape index (κ2) is 5.87. The lowest BCUT2D eigenvalue weighted by molar-refractivity contribution is 0.180. The third kappa shape index (κ3) is 3.33. The molecule has 1 saturated heterocycles. The topological polar surface area (TPSA) is 64.4 Å². The number of hydrogen-bond acceptors (Lipinski definition) is 4. The van der Waals surface area contributed by atoms with Gasteiger partial charge in [0.2, 0.25) is 10.0 Å². The van der Waals surface area contributed by atoms with Crippen molar-refractivity contribution >= 4 is 10.0 Å². The lowest BCUT2D eigenvalue weighted by Crippen LogP contribution is -2.47. The van der Waals surface area contributed by atoms with E-state index in [2.05, 4.69) is 0 Å². The van der Waals surface area contributed by atoms with Gasteiger partial charge in [-0.3, -0.25) is 4.90 Å². The van der Waals surface area contributed by atoms with Gasteiger partial charge in [0.05, 0.1) is 11.8 Å². The first-order valence-corrected chi connectivity index (χ1v) is 8.11. The van der Waals surface area contributed by atoms with Gasteiger partial charge in [0.1, 0.15) is 11.9 Å². The highest BCUT2D eigenvalue weighted by Gasteiger charge is 2.23. The second-order valence-electron chi connectivity index (χ2n) is 4.83. The summed E-state index contributed by atoms with van der Waals surface area (Å²) in [5, 5.41) is 8.80. The van der Waals surface area contributed by atoms with Gasteiger partial charge in [-0.05, 0) is 6.07 Å². The van der Waals surface area contributed by atoms with Crippen LogP contribution < -0.4 is 0 Å². The smallest absolute Gasteiger partial charge is 0.211 e. The van der Waals surface area contributed by atoms with E-state index in [4.69, 9.17) is 5.26 Å². The van der Waals surface area contributed by atoms with E-state index in [9.17, 15) is 12.8 Å². The minimum absolute atomic E-state index is 0.0391. The van der Waals surface area contributed by atoms with E-state index in [-0.39, 0.29) is 5.56 Å². The molecule has 0 bridgehead atoms. The van der Waals surface area contributed by atoms with Crippen LogP contribution in [0.1, 0.15) is 11.1 Å². The zero-order chi connectivity index (χ0) is 14.8. The van der Waals surface area contributed by atoms with E-state index in [0.29, 0.717) is 38.3 Å². The molecule has 1 aliphatic rings. The van der Waals surface area contributed by atoms with Gasteiger partial charge in [0, 0.05) is 38.3 Å². The largest absolute Gasteiger partial charge is 0.296 e. The standard InChI is InChI=1S/C13H16FN3O2S/c1-20(18,19)17-7-5-16(6-8-17)10-12-4-2-3-11(9-15)13(12)14/h2-4H,5-8,10H2,1H3. The third-order valence-electron chi connectivity index (χ3n) is 3.39. The summed E-state index contributed by atoms with van der Waals surface area (Å²) in [4.78, 5) is 1.99. The van der Waals surface area contributed by atoms with Gasteiger partial charge in [-0.1, -0.05) is 12.1 Å². The van der Waals surface area contributed by atoms with Crippen molar-refractivity contribution in [2.45, 2.75) is 6.54 Å². The second-order valence-corrected chi connectivity index (χ2v) is 6.81. The normalized spacial score (nSPS) is 17.9. The Morgan fingerprint density at radius 2 is 1.95 bits per heavy atom.